The van der Waals surface area contributed by atoms with Crippen LogP contribution < -0.4 is 11.3 Å². The van der Waals surface area contributed by atoms with Gasteiger partial charge in [0, 0.05) is 11.3 Å². The Bertz CT molecular complexity index is 154. The van der Waals surface area contributed by atoms with Crippen molar-refractivity contribution in [2.45, 2.75) is 63.7 Å². The molecule has 0 aromatic carbocycles. The van der Waals surface area contributed by atoms with Gasteiger partial charge in [-0.15, -0.1) is 0 Å². The van der Waals surface area contributed by atoms with Crippen molar-refractivity contribution in [3.8, 4) is 0 Å². The molecule has 1 heterocycles. The number of thioether (sulfide) groups is 1. The topological polar surface area (TPSA) is 38.0 Å². The molecular formula is C12H26N2S. The summed E-state index contributed by atoms with van der Waals surface area (Å²) < 4.78 is 0. The molecule has 2 atom stereocenters. The summed E-state index contributed by atoms with van der Waals surface area (Å²) in [5, 5.41) is 0.754. The minimum absolute atomic E-state index is 0.528. The minimum Gasteiger partial charge on any atom is -0.271 e. The van der Waals surface area contributed by atoms with E-state index in [0.29, 0.717) is 6.04 Å². The number of nitrogens with two attached hydrogens (primary N) is 1. The second-order valence-corrected chi connectivity index (χ2v) is 5.94. The van der Waals surface area contributed by atoms with Gasteiger partial charge in [0.15, 0.2) is 0 Å². The van der Waals surface area contributed by atoms with Crippen molar-refractivity contribution in [2.75, 3.05) is 5.75 Å². The molecule has 1 rings (SSSR count). The molecule has 0 aromatic heterocycles. The van der Waals surface area contributed by atoms with E-state index in [9.17, 15) is 0 Å². The van der Waals surface area contributed by atoms with Crippen LogP contribution in [0, 0.1) is 5.92 Å². The van der Waals surface area contributed by atoms with E-state index in [-0.39, 0.29) is 0 Å². The average molecular weight is 230 g/mol. The second-order valence-electron chi connectivity index (χ2n) is 4.60. The summed E-state index contributed by atoms with van der Waals surface area (Å²) >= 11 is 2.12. The molecule has 0 aliphatic carbocycles. The number of nitrogens with one attached hydrogen (secondary N) is 1. The molecule has 2 unspecified atom stereocenters. The number of rotatable bonds is 6. The molecule has 3 heteroatoms. The van der Waals surface area contributed by atoms with Gasteiger partial charge in [-0.05, 0) is 30.9 Å². The van der Waals surface area contributed by atoms with E-state index >= 15 is 0 Å². The molecule has 0 bridgehead atoms. The normalized spacial score (nSPS) is 24.4. The van der Waals surface area contributed by atoms with E-state index in [1.807, 2.05) is 0 Å². The molecule has 1 aliphatic rings. The number of hydrogen-bond donors (Lipinski definition) is 2. The lowest BCUT2D eigenvalue weighted by Crippen LogP contribution is -2.44. The van der Waals surface area contributed by atoms with Gasteiger partial charge in [-0.2, -0.15) is 11.8 Å². The Morgan fingerprint density at radius 3 is 2.53 bits per heavy atom. The van der Waals surface area contributed by atoms with E-state index in [2.05, 4.69) is 31.0 Å². The van der Waals surface area contributed by atoms with Gasteiger partial charge in [0.05, 0.1) is 0 Å². The molecular weight excluding hydrogens is 204 g/mol. The van der Waals surface area contributed by atoms with Crippen LogP contribution in [-0.2, 0) is 0 Å². The lowest BCUT2D eigenvalue weighted by molar-refractivity contribution is 0.351. The predicted octanol–water partition coefficient (Wildman–Crippen LogP) is 2.93. The van der Waals surface area contributed by atoms with Crippen LogP contribution in [0.25, 0.3) is 0 Å². The first-order valence-corrected chi connectivity index (χ1v) is 7.44. The van der Waals surface area contributed by atoms with Crippen molar-refractivity contribution in [2.24, 2.45) is 11.8 Å². The molecule has 1 fully saturated rings. The van der Waals surface area contributed by atoms with E-state index in [1.54, 1.807) is 0 Å². The molecule has 0 saturated carbocycles. The van der Waals surface area contributed by atoms with Crippen molar-refractivity contribution in [1.82, 2.24) is 5.43 Å². The Morgan fingerprint density at radius 1 is 1.33 bits per heavy atom. The largest absolute Gasteiger partial charge is 0.271 e. The van der Waals surface area contributed by atoms with Gasteiger partial charge < -0.3 is 0 Å². The highest BCUT2D eigenvalue weighted by molar-refractivity contribution is 8.00. The summed E-state index contributed by atoms with van der Waals surface area (Å²) in [6.07, 6.45) is 7.95. The van der Waals surface area contributed by atoms with Crippen molar-refractivity contribution in [1.29, 1.82) is 0 Å². The number of hydrazine groups is 1. The first-order valence-electron chi connectivity index (χ1n) is 6.39. The summed E-state index contributed by atoms with van der Waals surface area (Å²) in [5.74, 6) is 7.86. The molecule has 0 spiro atoms. The Hall–Kier alpha value is 0.270. The standard InChI is InChI=1S/C12H26N2S/c1-3-10(4-2)9-11(14-13)12-7-5-6-8-15-12/h10-12,14H,3-9,13H2,1-2H3. The van der Waals surface area contributed by atoms with Crippen LogP contribution in [0.2, 0.25) is 0 Å². The zero-order valence-corrected chi connectivity index (χ0v) is 11.0. The lowest BCUT2D eigenvalue weighted by Gasteiger charge is -2.31. The fourth-order valence-electron chi connectivity index (χ4n) is 2.39. The molecule has 15 heavy (non-hydrogen) atoms. The fourth-order valence-corrected chi connectivity index (χ4v) is 3.82. The first-order chi connectivity index (χ1) is 7.31. The first kappa shape index (κ1) is 13.3. The van der Waals surface area contributed by atoms with Crippen molar-refractivity contribution >= 4 is 11.8 Å². The molecule has 90 valence electrons. The van der Waals surface area contributed by atoms with Gasteiger partial charge in [-0.3, -0.25) is 11.3 Å². The third-order valence-corrected chi connectivity index (χ3v) is 5.14. The fraction of sp³-hybridized carbons (Fsp3) is 1.00. The molecule has 0 amide bonds. The van der Waals surface area contributed by atoms with Crippen LogP contribution in [0.15, 0.2) is 0 Å². The Kier molecular flexibility index (Phi) is 6.69. The SMILES string of the molecule is CCC(CC)CC(NN)C1CCCCS1. The summed E-state index contributed by atoms with van der Waals surface area (Å²) in [7, 11) is 0. The summed E-state index contributed by atoms with van der Waals surface area (Å²) in [5.41, 5.74) is 3.05. The molecule has 3 N–H and O–H groups in total. The second kappa shape index (κ2) is 7.53. The summed E-state index contributed by atoms with van der Waals surface area (Å²) in [4.78, 5) is 0. The van der Waals surface area contributed by atoms with E-state index in [0.717, 1.165) is 11.2 Å². The summed E-state index contributed by atoms with van der Waals surface area (Å²) in [6, 6.07) is 0.528. The third kappa shape index (κ3) is 4.33. The van der Waals surface area contributed by atoms with Crippen LogP contribution in [0.5, 0.6) is 0 Å². The maximum absolute atomic E-state index is 5.70. The van der Waals surface area contributed by atoms with Crippen molar-refractivity contribution < 1.29 is 0 Å². The quantitative estimate of drug-likeness (QED) is 0.544. The molecule has 0 radical (unpaired) electrons. The Labute approximate surface area is 98.7 Å². The van der Waals surface area contributed by atoms with Crippen LogP contribution in [-0.4, -0.2) is 17.0 Å². The van der Waals surface area contributed by atoms with Gasteiger partial charge in [-0.1, -0.05) is 33.1 Å². The maximum Gasteiger partial charge on any atom is 0.0332 e. The number of hydrogen-bond acceptors (Lipinski definition) is 3. The van der Waals surface area contributed by atoms with Crippen LogP contribution in [0.1, 0.15) is 52.4 Å². The van der Waals surface area contributed by atoms with Gasteiger partial charge in [0.1, 0.15) is 0 Å². The predicted molar refractivity (Wildman–Crippen MR) is 69.9 cm³/mol. The van der Waals surface area contributed by atoms with Crippen LogP contribution >= 0.6 is 11.8 Å². The minimum atomic E-state index is 0.528. The van der Waals surface area contributed by atoms with Crippen molar-refractivity contribution in [3.63, 3.8) is 0 Å². The van der Waals surface area contributed by atoms with Crippen LogP contribution in [0.4, 0.5) is 0 Å². The molecule has 1 saturated heterocycles. The Balaban J connectivity index is 2.38. The lowest BCUT2D eigenvalue weighted by atomic mass is 9.92. The monoisotopic (exact) mass is 230 g/mol. The molecule has 0 aromatic rings. The highest BCUT2D eigenvalue weighted by atomic mass is 32.2. The van der Waals surface area contributed by atoms with Gasteiger partial charge in [0.2, 0.25) is 0 Å². The third-order valence-electron chi connectivity index (χ3n) is 3.62. The van der Waals surface area contributed by atoms with E-state index in [1.165, 1.54) is 44.3 Å². The zero-order valence-electron chi connectivity index (χ0n) is 10.2. The van der Waals surface area contributed by atoms with Gasteiger partial charge in [0.25, 0.3) is 0 Å². The maximum atomic E-state index is 5.70. The zero-order chi connectivity index (χ0) is 11.1. The van der Waals surface area contributed by atoms with Crippen molar-refractivity contribution in [3.05, 3.63) is 0 Å². The van der Waals surface area contributed by atoms with Gasteiger partial charge >= 0.3 is 0 Å². The van der Waals surface area contributed by atoms with Crippen LogP contribution in [0.3, 0.4) is 0 Å². The molecule has 1 aliphatic heterocycles. The van der Waals surface area contributed by atoms with E-state index in [4.69, 9.17) is 5.84 Å². The average Bonchev–Trinajstić information content (AvgIpc) is 2.32. The molecule has 2 nitrogen and oxygen atoms in total. The highest BCUT2D eigenvalue weighted by Gasteiger charge is 2.24. The summed E-state index contributed by atoms with van der Waals surface area (Å²) in [6.45, 7) is 4.57. The van der Waals surface area contributed by atoms with E-state index < -0.39 is 0 Å². The van der Waals surface area contributed by atoms with Gasteiger partial charge in [-0.25, -0.2) is 0 Å². The Morgan fingerprint density at radius 2 is 2.07 bits per heavy atom. The highest BCUT2D eigenvalue weighted by Crippen LogP contribution is 2.30. The smallest absolute Gasteiger partial charge is 0.0332 e.